The number of ether oxygens (including phenoxy) is 1. The zero-order valence-electron chi connectivity index (χ0n) is 8.79. The molecule has 1 aliphatic rings. The molecule has 0 amide bonds. The lowest BCUT2D eigenvalue weighted by Gasteiger charge is -2.33. The van der Waals surface area contributed by atoms with E-state index in [2.05, 4.69) is 0 Å². The van der Waals surface area contributed by atoms with Crippen molar-refractivity contribution in [2.24, 2.45) is 0 Å². The van der Waals surface area contributed by atoms with E-state index in [4.69, 9.17) is 16.3 Å². The van der Waals surface area contributed by atoms with E-state index in [-0.39, 0.29) is 0 Å². The average Bonchev–Trinajstić information content (AvgIpc) is 2.23. The van der Waals surface area contributed by atoms with Crippen LogP contribution in [0.1, 0.15) is 24.0 Å². The molecule has 0 aromatic heterocycles. The topological polar surface area (TPSA) is 29.5 Å². The molecule has 1 saturated heterocycles. The van der Waals surface area contributed by atoms with Crippen molar-refractivity contribution < 1.29 is 9.84 Å². The molecule has 2 nitrogen and oxygen atoms in total. The molecule has 0 bridgehead atoms. The Hall–Kier alpha value is -0.570. The van der Waals surface area contributed by atoms with Gasteiger partial charge in [-0.1, -0.05) is 29.3 Å². The van der Waals surface area contributed by atoms with Crippen LogP contribution in [-0.4, -0.2) is 18.3 Å². The summed E-state index contributed by atoms with van der Waals surface area (Å²) in [5.41, 5.74) is 1.16. The summed E-state index contributed by atoms with van der Waals surface area (Å²) >= 11 is 6.12. The normalized spacial score (nSPS) is 20.2. The van der Waals surface area contributed by atoms with Crippen molar-refractivity contribution in [2.75, 3.05) is 13.2 Å². The molecule has 82 valence electrons. The quantitative estimate of drug-likeness (QED) is 0.798. The summed E-state index contributed by atoms with van der Waals surface area (Å²) in [7, 11) is 0. The fraction of sp³-hybridized carbons (Fsp3) is 0.500. The molecule has 1 fully saturated rings. The summed E-state index contributed by atoms with van der Waals surface area (Å²) in [6.07, 6.45) is 1.24. The summed E-state index contributed by atoms with van der Waals surface area (Å²) in [5, 5.41) is 11.1. The van der Waals surface area contributed by atoms with Crippen LogP contribution in [0.15, 0.2) is 18.2 Å². The summed E-state index contributed by atoms with van der Waals surface area (Å²) in [6.45, 7) is 3.20. The van der Waals surface area contributed by atoms with Crippen molar-refractivity contribution in [3.05, 3.63) is 34.3 Å². The van der Waals surface area contributed by atoms with E-state index in [0.29, 0.717) is 31.1 Å². The number of halogens is 1. The van der Waals surface area contributed by atoms with Crippen LogP contribution < -0.4 is 0 Å². The lowest BCUT2D eigenvalue weighted by Crippen LogP contribution is -2.33. The van der Waals surface area contributed by atoms with Gasteiger partial charge in [-0.25, -0.2) is 0 Å². The highest BCUT2D eigenvalue weighted by molar-refractivity contribution is 6.31. The predicted octanol–water partition coefficient (Wildman–Crippen LogP) is 2.65. The second kappa shape index (κ2) is 4.12. The van der Waals surface area contributed by atoms with Gasteiger partial charge in [-0.3, -0.25) is 0 Å². The molecule has 1 aromatic carbocycles. The minimum Gasteiger partial charge on any atom is -0.385 e. The highest BCUT2D eigenvalue weighted by Gasteiger charge is 2.33. The van der Waals surface area contributed by atoms with Crippen molar-refractivity contribution >= 4 is 11.6 Å². The average molecular weight is 227 g/mol. The first-order chi connectivity index (χ1) is 7.12. The molecule has 3 heteroatoms. The third-order valence-electron chi connectivity index (χ3n) is 2.94. The molecular weight excluding hydrogens is 212 g/mol. The van der Waals surface area contributed by atoms with Crippen molar-refractivity contribution in [1.29, 1.82) is 0 Å². The highest BCUT2D eigenvalue weighted by atomic mass is 35.5. The molecule has 0 spiro atoms. The third kappa shape index (κ3) is 2.17. The van der Waals surface area contributed by atoms with E-state index in [0.717, 1.165) is 11.1 Å². The maximum absolute atomic E-state index is 10.5. The smallest absolute Gasteiger partial charge is 0.0954 e. The van der Waals surface area contributed by atoms with Crippen LogP contribution >= 0.6 is 11.6 Å². The first-order valence-corrected chi connectivity index (χ1v) is 5.56. The molecule has 0 aliphatic carbocycles. The third-order valence-corrected chi connectivity index (χ3v) is 3.27. The predicted molar refractivity (Wildman–Crippen MR) is 60.1 cm³/mol. The SMILES string of the molecule is Cc1ccc(Cl)c(C2(O)CCOCC2)c1. The maximum atomic E-state index is 10.5. The van der Waals surface area contributed by atoms with Gasteiger partial charge in [0.1, 0.15) is 0 Å². The molecule has 1 aliphatic heterocycles. The molecule has 2 rings (SSSR count). The maximum Gasteiger partial charge on any atom is 0.0954 e. The van der Waals surface area contributed by atoms with E-state index >= 15 is 0 Å². The minimum atomic E-state index is -0.804. The number of aryl methyl sites for hydroxylation is 1. The van der Waals surface area contributed by atoms with Gasteiger partial charge in [0, 0.05) is 36.6 Å². The van der Waals surface area contributed by atoms with Crippen molar-refractivity contribution in [3.63, 3.8) is 0 Å². The standard InChI is InChI=1S/C12H15ClO2/c1-9-2-3-11(13)10(8-9)12(14)4-6-15-7-5-12/h2-3,8,14H,4-7H2,1H3. The summed E-state index contributed by atoms with van der Waals surface area (Å²) < 4.78 is 5.25. The van der Waals surface area contributed by atoms with Crippen LogP contribution in [0.2, 0.25) is 5.02 Å². The van der Waals surface area contributed by atoms with Gasteiger partial charge < -0.3 is 9.84 Å². The van der Waals surface area contributed by atoms with Gasteiger partial charge in [0.2, 0.25) is 0 Å². The number of rotatable bonds is 1. The lowest BCUT2D eigenvalue weighted by atomic mass is 9.86. The van der Waals surface area contributed by atoms with E-state index in [9.17, 15) is 5.11 Å². The minimum absolute atomic E-state index is 0.598. The second-order valence-corrected chi connectivity index (χ2v) is 4.53. The van der Waals surface area contributed by atoms with Crippen LogP contribution in [0.4, 0.5) is 0 Å². The van der Waals surface area contributed by atoms with Crippen LogP contribution in [0, 0.1) is 6.92 Å². The van der Waals surface area contributed by atoms with E-state index in [1.165, 1.54) is 0 Å². The van der Waals surface area contributed by atoms with E-state index < -0.39 is 5.60 Å². The Balaban J connectivity index is 2.38. The Kier molecular flexibility index (Phi) is 3.01. The Labute approximate surface area is 94.8 Å². The van der Waals surface area contributed by atoms with Crippen molar-refractivity contribution in [1.82, 2.24) is 0 Å². The van der Waals surface area contributed by atoms with Crippen molar-refractivity contribution in [2.45, 2.75) is 25.4 Å². The van der Waals surface area contributed by atoms with Gasteiger partial charge in [0.25, 0.3) is 0 Å². The van der Waals surface area contributed by atoms with Gasteiger partial charge in [0.05, 0.1) is 5.60 Å². The van der Waals surface area contributed by atoms with Gasteiger partial charge in [0.15, 0.2) is 0 Å². The number of aliphatic hydroxyl groups is 1. The Morgan fingerprint density at radius 2 is 2.00 bits per heavy atom. The molecule has 0 saturated carbocycles. The molecule has 1 aromatic rings. The largest absolute Gasteiger partial charge is 0.385 e. The molecule has 1 N–H and O–H groups in total. The van der Waals surface area contributed by atoms with Crippen LogP contribution in [-0.2, 0) is 10.3 Å². The first-order valence-electron chi connectivity index (χ1n) is 5.19. The lowest BCUT2D eigenvalue weighted by molar-refractivity contribution is -0.0678. The highest BCUT2D eigenvalue weighted by Crippen LogP contribution is 2.36. The second-order valence-electron chi connectivity index (χ2n) is 4.13. The molecule has 0 atom stereocenters. The molecule has 0 radical (unpaired) electrons. The molecular formula is C12H15ClO2. The fourth-order valence-corrected chi connectivity index (χ4v) is 2.27. The monoisotopic (exact) mass is 226 g/mol. The van der Waals surface area contributed by atoms with E-state index in [1.807, 2.05) is 25.1 Å². The first kappa shape index (κ1) is 10.9. The number of hydrogen-bond donors (Lipinski definition) is 1. The summed E-state index contributed by atoms with van der Waals surface area (Å²) in [5.74, 6) is 0. The molecule has 0 unspecified atom stereocenters. The summed E-state index contributed by atoms with van der Waals surface area (Å²) in [4.78, 5) is 0. The Bertz CT molecular complexity index is 357. The van der Waals surface area contributed by atoms with Gasteiger partial charge in [-0.05, 0) is 13.0 Å². The molecule has 1 heterocycles. The van der Waals surface area contributed by atoms with Crippen LogP contribution in [0.25, 0.3) is 0 Å². The Morgan fingerprint density at radius 3 is 2.67 bits per heavy atom. The number of benzene rings is 1. The fourth-order valence-electron chi connectivity index (χ4n) is 1.97. The Morgan fingerprint density at radius 1 is 1.33 bits per heavy atom. The zero-order chi connectivity index (χ0) is 10.9. The van der Waals surface area contributed by atoms with Gasteiger partial charge in [-0.2, -0.15) is 0 Å². The zero-order valence-corrected chi connectivity index (χ0v) is 9.55. The number of hydrogen-bond acceptors (Lipinski definition) is 2. The van der Waals surface area contributed by atoms with Crippen LogP contribution in [0.5, 0.6) is 0 Å². The van der Waals surface area contributed by atoms with E-state index in [1.54, 1.807) is 0 Å². The van der Waals surface area contributed by atoms with Crippen LogP contribution in [0.3, 0.4) is 0 Å². The molecule has 15 heavy (non-hydrogen) atoms. The van der Waals surface area contributed by atoms with Gasteiger partial charge >= 0.3 is 0 Å². The van der Waals surface area contributed by atoms with Crippen molar-refractivity contribution in [3.8, 4) is 0 Å². The van der Waals surface area contributed by atoms with Gasteiger partial charge in [-0.15, -0.1) is 0 Å². The summed E-state index contributed by atoms with van der Waals surface area (Å²) in [6, 6.07) is 5.77.